The maximum Gasteiger partial charge on any atom is 0.243 e. The van der Waals surface area contributed by atoms with Gasteiger partial charge in [-0.15, -0.1) is 21.5 Å². The van der Waals surface area contributed by atoms with E-state index in [4.69, 9.17) is 16.3 Å². The first-order chi connectivity index (χ1) is 15.9. The van der Waals surface area contributed by atoms with Gasteiger partial charge in [-0.05, 0) is 53.8 Å². The number of nitrogens with one attached hydrogen (secondary N) is 1. The molecule has 0 atom stereocenters. The van der Waals surface area contributed by atoms with E-state index in [1.807, 2.05) is 17.5 Å². The van der Waals surface area contributed by atoms with Gasteiger partial charge in [-0.25, -0.2) is 8.42 Å². The Kier molecular flexibility index (Phi) is 6.65. The lowest BCUT2D eigenvalue weighted by Crippen LogP contribution is -2.21. The molecule has 0 spiro atoms. The van der Waals surface area contributed by atoms with E-state index in [2.05, 4.69) is 21.0 Å². The number of benzene rings is 2. The molecule has 2 aromatic carbocycles. The Morgan fingerprint density at radius 3 is 2.64 bits per heavy atom. The summed E-state index contributed by atoms with van der Waals surface area (Å²) in [6, 6.07) is 17.7. The number of sulfonamides is 1. The Morgan fingerprint density at radius 1 is 1.18 bits per heavy atom. The summed E-state index contributed by atoms with van der Waals surface area (Å²) in [7, 11) is -2.28. The highest BCUT2D eigenvalue weighted by Crippen LogP contribution is 2.33. The number of nitrogens with zero attached hydrogens (tertiary/aromatic N) is 4. The number of aryl methyl sites for hydroxylation is 1. The normalized spacial score (nSPS) is 11.2. The van der Waals surface area contributed by atoms with Gasteiger partial charge in [-0.1, -0.05) is 29.8 Å². The smallest absolute Gasteiger partial charge is 0.243 e. The predicted octanol–water partition coefficient (Wildman–Crippen LogP) is 4.51. The summed E-state index contributed by atoms with van der Waals surface area (Å²) in [5.41, 5.74) is 1.67. The molecule has 0 unspecified atom stereocenters. The highest BCUT2D eigenvalue weighted by Gasteiger charge is 2.23. The average Bonchev–Trinajstić information content (AvgIpc) is 3.48. The summed E-state index contributed by atoms with van der Waals surface area (Å²) in [6.07, 6.45) is 0.297. The second-order valence-electron chi connectivity index (χ2n) is 6.96. The van der Waals surface area contributed by atoms with Crippen molar-refractivity contribution < 1.29 is 13.2 Å². The molecule has 2 aromatic heterocycles. The van der Waals surface area contributed by atoms with Crippen LogP contribution in [0.3, 0.4) is 0 Å². The molecular weight excluding hydrogens is 482 g/mol. The van der Waals surface area contributed by atoms with E-state index in [1.165, 1.54) is 18.4 Å². The average molecular weight is 500 g/mol. The van der Waals surface area contributed by atoms with Gasteiger partial charge in [0.05, 0.1) is 35.1 Å². The first-order valence-electron chi connectivity index (χ1n) is 9.73. The van der Waals surface area contributed by atoms with E-state index >= 15 is 0 Å². The van der Waals surface area contributed by atoms with E-state index in [9.17, 15) is 13.7 Å². The van der Waals surface area contributed by atoms with Gasteiger partial charge in [-0.3, -0.25) is 9.29 Å². The third-order valence-electron chi connectivity index (χ3n) is 4.77. The monoisotopic (exact) mass is 499 g/mol. The maximum atomic E-state index is 12.9. The highest BCUT2D eigenvalue weighted by molar-refractivity contribution is 7.92. The Bertz CT molecular complexity index is 1410. The van der Waals surface area contributed by atoms with Crippen LogP contribution >= 0.6 is 22.9 Å². The molecule has 1 N–H and O–H groups in total. The largest absolute Gasteiger partial charge is 0.495 e. The number of ether oxygens (including phenoxy) is 1. The van der Waals surface area contributed by atoms with Gasteiger partial charge in [0.25, 0.3) is 0 Å². The molecule has 4 rings (SSSR count). The number of hydrogen-bond acceptors (Lipinski definition) is 7. The molecule has 0 bridgehead atoms. The van der Waals surface area contributed by atoms with Crippen LogP contribution in [0.25, 0.3) is 16.4 Å². The van der Waals surface area contributed by atoms with Gasteiger partial charge >= 0.3 is 0 Å². The van der Waals surface area contributed by atoms with E-state index in [-0.39, 0.29) is 11.7 Å². The first kappa shape index (κ1) is 22.8. The molecule has 0 aliphatic heterocycles. The minimum Gasteiger partial charge on any atom is -0.495 e. The molecule has 0 amide bonds. The van der Waals surface area contributed by atoms with Crippen molar-refractivity contribution in [1.82, 2.24) is 14.8 Å². The second-order valence-corrected chi connectivity index (χ2v) is 10.2. The molecule has 0 saturated carbocycles. The summed E-state index contributed by atoms with van der Waals surface area (Å²) >= 11 is 7.33. The summed E-state index contributed by atoms with van der Waals surface area (Å²) in [6.45, 7) is 0. The van der Waals surface area contributed by atoms with Gasteiger partial charge in [0.1, 0.15) is 5.75 Å². The first-order valence-corrected chi connectivity index (χ1v) is 12.6. The van der Waals surface area contributed by atoms with Crippen molar-refractivity contribution in [3.05, 3.63) is 76.1 Å². The standard InChI is InChI=1S/C22H18ClN5O3S2/c1-31-19-9-6-16(14-24)13-18(19)28-21(20-3-2-11-32-20)25-26-22(28)27-33(29,30)12-10-15-4-7-17(23)8-5-15/h2-9,11,13H,10,12H2,1H3,(H,26,27). The Labute approximate surface area is 200 Å². The van der Waals surface area contributed by atoms with Gasteiger partial charge in [0.2, 0.25) is 16.0 Å². The van der Waals surface area contributed by atoms with E-state index in [0.29, 0.717) is 34.3 Å². The zero-order valence-electron chi connectivity index (χ0n) is 17.4. The Balaban J connectivity index is 1.72. The number of anilines is 1. The van der Waals surface area contributed by atoms with Crippen molar-refractivity contribution in [2.24, 2.45) is 0 Å². The van der Waals surface area contributed by atoms with Gasteiger partial charge in [-0.2, -0.15) is 5.26 Å². The number of aromatic nitrogens is 3. The summed E-state index contributed by atoms with van der Waals surface area (Å²) in [5.74, 6) is 0.704. The van der Waals surface area contributed by atoms with Crippen molar-refractivity contribution in [2.75, 3.05) is 17.6 Å². The zero-order chi connectivity index (χ0) is 23.4. The number of nitriles is 1. The van der Waals surface area contributed by atoms with Crippen molar-refractivity contribution in [2.45, 2.75) is 6.42 Å². The van der Waals surface area contributed by atoms with Crippen LogP contribution < -0.4 is 9.46 Å². The lowest BCUT2D eigenvalue weighted by molar-refractivity contribution is 0.413. The molecule has 0 aliphatic rings. The zero-order valence-corrected chi connectivity index (χ0v) is 19.8. The van der Waals surface area contributed by atoms with Gasteiger partial charge < -0.3 is 4.74 Å². The SMILES string of the molecule is COc1ccc(C#N)cc1-n1c(NS(=O)(=O)CCc2ccc(Cl)cc2)nnc1-c1cccs1. The lowest BCUT2D eigenvalue weighted by atomic mass is 10.2. The highest BCUT2D eigenvalue weighted by atomic mass is 35.5. The maximum absolute atomic E-state index is 12.9. The molecule has 2 heterocycles. The molecule has 0 radical (unpaired) electrons. The molecule has 8 nitrogen and oxygen atoms in total. The molecule has 4 aromatic rings. The molecule has 11 heteroatoms. The Hall–Kier alpha value is -3.39. The van der Waals surface area contributed by atoms with Crippen molar-refractivity contribution in [1.29, 1.82) is 5.26 Å². The van der Waals surface area contributed by atoms with Crippen LogP contribution in [0.5, 0.6) is 5.75 Å². The second kappa shape index (κ2) is 9.62. The van der Waals surface area contributed by atoms with Crippen molar-refractivity contribution in [3.63, 3.8) is 0 Å². The summed E-state index contributed by atoms with van der Waals surface area (Å²) in [4.78, 5) is 0.776. The summed E-state index contributed by atoms with van der Waals surface area (Å²) < 4.78 is 35.4. The van der Waals surface area contributed by atoms with Crippen LogP contribution in [-0.2, 0) is 16.4 Å². The van der Waals surface area contributed by atoms with Gasteiger partial charge in [0.15, 0.2) is 5.82 Å². The number of hydrogen-bond donors (Lipinski definition) is 1. The third-order valence-corrected chi connectivity index (χ3v) is 7.13. The summed E-state index contributed by atoms with van der Waals surface area (Å²) in [5, 5.41) is 20.2. The van der Waals surface area contributed by atoms with Crippen LogP contribution in [0.15, 0.2) is 60.0 Å². The molecule has 168 valence electrons. The minimum atomic E-state index is -3.77. The molecule has 0 saturated heterocycles. The third kappa shape index (κ3) is 5.17. The minimum absolute atomic E-state index is 0.00268. The molecule has 33 heavy (non-hydrogen) atoms. The number of methoxy groups -OCH3 is 1. The number of thiophene rings is 1. The number of halogens is 1. The Morgan fingerprint density at radius 2 is 1.97 bits per heavy atom. The number of rotatable bonds is 8. The quantitative estimate of drug-likeness (QED) is 0.382. The van der Waals surface area contributed by atoms with E-state index in [1.54, 1.807) is 47.0 Å². The van der Waals surface area contributed by atoms with Crippen LogP contribution in [-0.4, -0.2) is 36.0 Å². The lowest BCUT2D eigenvalue weighted by Gasteiger charge is -2.15. The van der Waals surface area contributed by atoms with Crippen LogP contribution in [0, 0.1) is 11.3 Å². The van der Waals surface area contributed by atoms with Crippen molar-refractivity contribution >= 4 is 38.9 Å². The molecular formula is C22H18ClN5O3S2. The fraction of sp³-hybridized carbons (Fsp3) is 0.136. The molecule has 0 fully saturated rings. The van der Waals surface area contributed by atoms with Crippen molar-refractivity contribution in [3.8, 4) is 28.2 Å². The predicted molar refractivity (Wildman–Crippen MR) is 129 cm³/mol. The topological polar surface area (TPSA) is 110 Å². The van der Waals surface area contributed by atoms with Crippen LogP contribution in [0.2, 0.25) is 5.02 Å². The molecule has 0 aliphatic carbocycles. The van der Waals surface area contributed by atoms with Crippen LogP contribution in [0.1, 0.15) is 11.1 Å². The fourth-order valence-electron chi connectivity index (χ4n) is 3.17. The van der Waals surface area contributed by atoms with E-state index < -0.39 is 10.0 Å². The van der Waals surface area contributed by atoms with Crippen LogP contribution in [0.4, 0.5) is 5.95 Å². The van der Waals surface area contributed by atoms with Gasteiger partial charge in [0, 0.05) is 5.02 Å². The van der Waals surface area contributed by atoms with E-state index in [0.717, 1.165) is 10.4 Å². The fourth-order valence-corrected chi connectivity index (χ4v) is 5.01.